The summed E-state index contributed by atoms with van der Waals surface area (Å²) >= 11 is 1.49. The molecule has 1 N–H and O–H groups in total. The molecule has 1 aliphatic heterocycles. The predicted octanol–water partition coefficient (Wildman–Crippen LogP) is 2.87. The number of carbonyl (C=O) groups is 1. The number of amides is 1. The number of benzene rings is 1. The Morgan fingerprint density at radius 3 is 2.81 bits per heavy atom. The van der Waals surface area contributed by atoms with E-state index in [9.17, 15) is 4.79 Å². The minimum atomic E-state index is -0.108. The molecule has 0 atom stereocenters. The standard InChI is InChI=1S/C19H18N6OS/c26-19(15-11-13-5-1-2-6-14(13)27-15)20-12-18-22-21-16-7-8-17(23-25(16)18)24-9-3-4-10-24/h1-2,5-8,11H,3-4,9-10,12H2,(H,20,26). The number of aromatic nitrogens is 4. The number of carbonyl (C=O) groups excluding carboxylic acids is 1. The van der Waals surface area contributed by atoms with Gasteiger partial charge >= 0.3 is 0 Å². The third-order valence-electron chi connectivity index (χ3n) is 4.80. The smallest absolute Gasteiger partial charge is 0.261 e. The molecule has 3 aromatic heterocycles. The van der Waals surface area contributed by atoms with Crippen LogP contribution in [0.4, 0.5) is 5.82 Å². The van der Waals surface area contributed by atoms with Crippen molar-refractivity contribution in [3.05, 3.63) is 53.2 Å². The first-order valence-corrected chi connectivity index (χ1v) is 9.83. The van der Waals surface area contributed by atoms with Crippen molar-refractivity contribution in [1.82, 2.24) is 25.1 Å². The van der Waals surface area contributed by atoms with E-state index in [2.05, 4.69) is 25.5 Å². The lowest BCUT2D eigenvalue weighted by Gasteiger charge is -2.15. The second-order valence-electron chi connectivity index (χ2n) is 6.60. The molecule has 0 saturated carbocycles. The van der Waals surface area contributed by atoms with Crippen LogP contribution >= 0.6 is 11.3 Å². The van der Waals surface area contributed by atoms with Crippen molar-refractivity contribution in [1.29, 1.82) is 0 Å². The van der Waals surface area contributed by atoms with Gasteiger partial charge in [0.15, 0.2) is 11.5 Å². The molecule has 136 valence electrons. The highest BCUT2D eigenvalue weighted by Gasteiger charge is 2.16. The van der Waals surface area contributed by atoms with Crippen molar-refractivity contribution in [2.24, 2.45) is 0 Å². The van der Waals surface area contributed by atoms with Crippen molar-refractivity contribution in [2.75, 3.05) is 18.0 Å². The normalized spacial score (nSPS) is 14.3. The van der Waals surface area contributed by atoms with Crippen LogP contribution in [-0.4, -0.2) is 38.8 Å². The highest BCUT2D eigenvalue weighted by molar-refractivity contribution is 7.20. The van der Waals surface area contributed by atoms with E-state index in [4.69, 9.17) is 0 Å². The fourth-order valence-electron chi connectivity index (χ4n) is 3.39. The van der Waals surface area contributed by atoms with Gasteiger partial charge in [0, 0.05) is 17.8 Å². The average Bonchev–Trinajstić information content (AvgIpc) is 3.44. The molecule has 27 heavy (non-hydrogen) atoms. The van der Waals surface area contributed by atoms with E-state index in [0.29, 0.717) is 16.3 Å². The summed E-state index contributed by atoms with van der Waals surface area (Å²) in [5, 5.41) is 17.0. The van der Waals surface area contributed by atoms with E-state index < -0.39 is 0 Å². The third kappa shape index (κ3) is 3.02. The summed E-state index contributed by atoms with van der Waals surface area (Å²) in [6, 6.07) is 13.8. The van der Waals surface area contributed by atoms with Gasteiger partial charge < -0.3 is 10.2 Å². The molecule has 0 aliphatic carbocycles. The van der Waals surface area contributed by atoms with Gasteiger partial charge in [-0.25, -0.2) is 0 Å². The Kier molecular flexibility index (Phi) is 3.97. The quantitative estimate of drug-likeness (QED) is 0.591. The van der Waals surface area contributed by atoms with Gasteiger partial charge in [0.2, 0.25) is 0 Å². The predicted molar refractivity (Wildman–Crippen MR) is 105 cm³/mol. The van der Waals surface area contributed by atoms with E-state index in [1.165, 1.54) is 24.2 Å². The van der Waals surface area contributed by atoms with Gasteiger partial charge in [0.05, 0.1) is 11.4 Å². The number of nitrogens with zero attached hydrogens (tertiary/aromatic N) is 5. The Balaban J connectivity index is 1.36. The zero-order chi connectivity index (χ0) is 18.2. The Labute approximate surface area is 159 Å². The fraction of sp³-hybridized carbons (Fsp3) is 0.263. The monoisotopic (exact) mass is 378 g/mol. The van der Waals surface area contributed by atoms with Gasteiger partial charge in [0.1, 0.15) is 5.82 Å². The van der Waals surface area contributed by atoms with E-state index in [1.807, 2.05) is 42.5 Å². The molecule has 0 radical (unpaired) electrons. The van der Waals surface area contributed by atoms with Crippen LogP contribution in [0.25, 0.3) is 15.7 Å². The highest BCUT2D eigenvalue weighted by Crippen LogP contribution is 2.25. The molecule has 1 saturated heterocycles. The molecule has 0 spiro atoms. The van der Waals surface area contributed by atoms with E-state index in [-0.39, 0.29) is 12.5 Å². The lowest BCUT2D eigenvalue weighted by Crippen LogP contribution is -2.24. The first kappa shape index (κ1) is 16.2. The number of thiophene rings is 1. The Morgan fingerprint density at radius 1 is 1.11 bits per heavy atom. The SMILES string of the molecule is O=C(NCc1nnc2ccc(N3CCCC3)nn12)c1cc2ccccc2s1. The lowest BCUT2D eigenvalue weighted by atomic mass is 10.2. The number of fused-ring (bicyclic) bond motifs is 2. The van der Waals surface area contributed by atoms with Crippen LogP contribution in [0, 0.1) is 0 Å². The summed E-state index contributed by atoms with van der Waals surface area (Å²) in [7, 11) is 0. The maximum Gasteiger partial charge on any atom is 0.261 e. The number of anilines is 1. The molecule has 1 aromatic carbocycles. The fourth-order valence-corrected chi connectivity index (χ4v) is 4.37. The first-order chi connectivity index (χ1) is 13.3. The molecule has 4 aromatic rings. The molecular weight excluding hydrogens is 360 g/mol. The van der Waals surface area contributed by atoms with Gasteiger partial charge in [-0.05, 0) is 42.5 Å². The highest BCUT2D eigenvalue weighted by atomic mass is 32.1. The molecule has 1 aliphatic rings. The Bertz CT molecular complexity index is 1090. The molecule has 0 bridgehead atoms. The van der Waals surface area contributed by atoms with Crippen LogP contribution in [0.5, 0.6) is 0 Å². The Hall–Kier alpha value is -3.00. The largest absolute Gasteiger partial charge is 0.355 e. The van der Waals surface area contributed by atoms with Crippen molar-refractivity contribution in [3.8, 4) is 0 Å². The van der Waals surface area contributed by atoms with Crippen molar-refractivity contribution >= 4 is 38.8 Å². The number of hydrogen-bond donors (Lipinski definition) is 1. The molecular formula is C19H18N6OS. The average molecular weight is 378 g/mol. The number of hydrogen-bond acceptors (Lipinski definition) is 6. The van der Waals surface area contributed by atoms with Gasteiger partial charge in [0.25, 0.3) is 5.91 Å². The topological polar surface area (TPSA) is 75.4 Å². The van der Waals surface area contributed by atoms with E-state index in [0.717, 1.165) is 29.0 Å². The van der Waals surface area contributed by atoms with Crippen LogP contribution in [-0.2, 0) is 6.54 Å². The molecule has 4 heterocycles. The third-order valence-corrected chi connectivity index (χ3v) is 5.91. The maximum atomic E-state index is 12.5. The summed E-state index contributed by atoms with van der Waals surface area (Å²) in [6.07, 6.45) is 2.39. The second kappa shape index (κ2) is 6.62. The molecule has 0 unspecified atom stereocenters. The first-order valence-electron chi connectivity index (χ1n) is 9.01. The van der Waals surface area contributed by atoms with Crippen molar-refractivity contribution < 1.29 is 4.79 Å². The Morgan fingerprint density at radius 2 is 1.96 bits per heavy atom. The van der Waals surface area contributed by atoms with Gasteiger partial charge in [-0.3, -0.25) is 4.79 Å². The minimum absolute atomic E-state index is 0.108. The number of rotatable bonds is 4. The van der Waals surface area contributed by atoms with Crippen LogP contribution in [0.3, 0.4) is 0 Å². The number of nitrogens with one attached hydrogen (secondary N) is 1. The summed E-state index contributed by atoms with van der Waals surface area (Å²) in [6.45, 7) is 2.34. The van der Waals surface area contributed by atoms with Crippen LogP contribution in [0.15, 0.2) is 42.5 Å². The summed E-state index contributed by atoms with van der Waals surface area (Å²) < 4.78 is 2.83. The summed E-state index contributed by atoms with van der Waals surface area (Å²) in [4.78, 5) is 15.5. The van der Waals surface area contributed by atoms with Crippen LogP contribution in [0.2, 0.25) is 0 Å². The van der Waals surface area contributed by atoms with Crippen LogP contribution < -0.4 is 10.2 Å². The summed E-state index contributed by atoms with van der Waals surface area (Å²) in [5.41, 5.74) is 0.684. The van der Waals surface area contributed by atoms with E-state index >= 15 is 0 Å². The van der Waals surface area contributed by atoms with Crippen LogP contribution in [0.1, 0.15) is 28.3 Å². The molecule has 1 amide bonds. The molecule has 7 nitrogen and oxygen atoms in total. The van der Waals surface area contributed by atoms with Gasteiger partial charge in [-0.15, -0.1) is 26.6 Å². The molecule has 1 fully saturated rings. The lowest BCUT2D eigenvalue weighted by molar-refractivity contribution is 0.0954. The summed E-state index contributed by atoms with van der Waals surface area (Å²) in [5.74, 6) is 1.45. The maximum absolute atomic E-state index is 12.5. The zero-order valence-corrected chi connectivity index (χ0v) is 15.4. The molecule has 8 heteroatoms. The second-order valence-corrected chi connectivity index (χ2v) is 7.69. The zero-order valence-electron chi connectivity index (χ0n) is 14.6. The van der Waals surface area contributed by atoms with E-state index in [1.54, 1.807) is 4.52 Å². The molecule has 5 rings (SSSR count). The van der Waals surface area contributed by atoms with Gasteiger partial charge in [-0.1, -0.05) is 18.2 Å². The minimum Gasteiger partial charge on any atom is -0.355 e. The van der Waals surface area contributed by atoms with Crippen molar-refractivity contribution in [2.45, 2.75) is 19.4 Å². The van der Waals surface area contributed by atoms with Crippen molar-refractivity contribution in [3.63, 3.8) is 0 Å². The van der Waals surface area contributed by atoms with Gasteiger partial charge in [-0.2, -0.15) is 4.52 Å².